The van der Waals surface area contributed by atoms with Crippen molar-refractivity contribution in [2.45, 2.75) is 38.1 Å². The molecular formula is C17H26N6O2. The molecule has 2 N–H and O–H groups in total. The van der Waals surface area contributed by atoms with Crippen LogP contribution in [-0.2, 0) is 18.3 Å². The first kappa shape index (κ1) is 16.6. The molecule has 0 bridgehead atoms. The summed E-state index contributed by atoms with van der Waals surface area (Å²) in [5.74, 6) is 1.17. The van der Waals surface area contributed by atoms with Crippen molar-refractivity contribution in [1.29, 1.82) is 0 Å². The van der Waals surface area contributed by atoms with Crippen molar-refractivity contribution in [3.63, 3.8) is 0 Å². The lowest BCUT2D eigenvalue weighted by Gasteiger charge is -2.42. The third-order valence-electron chi connectivity index (χ3n) is 5.30. The van der Waals surface area contributed by atoms with Gasteiger partial charge in [0.2, 0.25) is 0 Å². The first-order chi connectivity index (χ1) is 12.1. The quantitative estimate of drug-likeness (QED) is 0.807. The molecule has 0 spiro atoms. The number of nitrogens with one attached hydrogen (secondary N) is 1. The van der Waals surface area contributed by atoms with Crippen LogP contribution in [0.4, 0.5) is 5.82 Å². The van der Waals surface area contributed by atoms with Crippen LogP contribution in [0.1, 0.15) is 23.7 Å². The molecule has 1 saturated heterocycles. The first-order valence-corrected chi connectivity index (χ1v) is 8.91. The summed E-state index contributed by atoms with van der Waals surface area (Å²) in [5, 5.41) is 22.6. The fourth-order valence-corrected chi connectivity index (χ4v) is 3.93. The number of morpholine rings is 1. The number of aliphatic hydroxyl groups is 1. The summed E-state index contributed by atoms with van der Waals surface area (Å²) < 4.78 is 9.30. The van der Waals surface area contributed by atoms with Crippen molar-refractivity contribution in [1.82, 2.24) is 24.9 Å². The van der Waals surface area contributed by atoms with E-state index >= 15 is 0 Å². The van der Waals surface area contributed by atoms with Gasteiger partial charge in [-0.3, -0.25) is 9.36 Å². The molecule has 0 radical (unpaired) electrons. The van der Waals surface area contributed by atoms with Crippen LogP contribution in [0.2, 0.25) is 0 Å². The van der Waals surface area contributed by atoms with Gasteiger partial charge in [0.1, 0.15) is 5.82 Å². The zero-order valence-electron chi connectivity index (χ0n) is 14.8. The van der Waals surface area contributed by atoms with E-state index in [-0.39, 0.29) is 18.2 Å². The summed E-state index contributed by atoms with van der Waals surface area (Å²) in [6.45, 7) is 6.09. The summed E-state index contributed by atoms with van der Waals surface area (Å²) in [5.41, 5.74) is 2.28. The van der Waals surface area contributed by atoms with Crippen molar-refractivity contribution in [2.24, 2.45) is 7.05 Å². The predicted molar refractivity (Wildman–Crippen MR) is 93.5 cm³/mol. The lowest BCUT2D eigenvalue weighted by Crippen LogP contribution is -2.54. The Hall–Kier alpha value is -1.90. The van der Waals surface area contributed by atoms with E-state index < -0.39 is 0 Å². The summed E-state index contributed by atoms with van der Waals surface area (Å²) in [6.07, 6.45) is 4.07. The van der Waals surface area contributed by atoms with E-state index in [2.05, 4.69) is 27.3 Å². The van der Waals surface area contributed by atoms with Crippen LogP contribution < -0.4 is 10.2 Å². The van der Waals surface area contributed by atoms with Gasteiger partial charge in [0.05, 0.1) is 31.1 Å². The van der Waals surface area contributed by atoms with Gasteiger partial charge < -0.3 is 20.1 Å². The van der Waals surface area contributed by atoms with Gasteiger partial charge in [0, 0.05) is 50.7 Å². The minimum absolute atomic E-state index is 0.00110. The number of anilines is 1. The molecule has 2 aliphatic rings. The van der Waals surface area contributed by atoms with E-state index in [4.69, 9.17) is 4.74 Å². The van der Waals surface area contributed by atoms with Gasteiger partial charge in [-0.1, -0.05) is 0 Å². The highest BCUT2D eigenvalue weighted by Gasteiger charge is 2.41. The van der Waals surface area contributed by atoms with E-state index in [1.165, 1.54) is 11.4 Å². The maximum atomic E-state index is 10.1. The van der Waals surface area contributed by atoms with Gasteiger partial charge in [0.15, 0.2) is 0 Å². The standard InChI is InChI=1S/C17H26N6O2/c1-12-13(17(21(2)20-12)22-6-8-25-9-7-22)11-18-14-10-15(24)16(14)23-5-3-4-19-23/h3-5,14-16,18,24H,6-11H2,1-2H3/t14-,15+,16+/m0/s1. The van der Waals surface area contributed by atoms with Crippen LogP contribution in [0.3, 0.4) is 0 Å². The molecule has 0 aromatic carbocycles. The second kappa shape index (κ2) is 6.78. The molecule has 1 aliphatic heterocycles. The van der Waals surface area contributed by atoms with Gasteiger partial charge in [-0.15, -0.1) is 0 Å². The highest BCUT2D eigenvalue weighted by Crippen LogP contribution is 2.33. The Morgan fingerprint density at radius 2 is 2.16 bits per heavy atom. The fraction of sp³-hybridized carbons (Fsp3) is 0.647. The highest BCUT2D eigenvalue weighted by molar-refractivity contribution is 5.50. The number of ether oxygens (including phenoxy) is 1. The Balaban J connectivity index is 1.48. The molecule has 8 heteroatoms. The summed E-state index contributed by atoms with van der Waals surface area (Å²) in [6, 6.07) is 2.11. The third-order valence-corrected chi connectivity index (χ3v) is 5.30. The van der Waals surface area contributed by atoms with Gasteiger partial charge in [-0.25, -0.2) is 0 Å². The molecule has 1 saturated carbocycles. The lowest BCUT2D eigenvalue weighted by molar-refractivity contribution is -0.00822. The van der Waals surface area contributed by atoms with Crippen molar-refractivity contribution in [3.05, 3.63) is 29.7 Å². The molecule has 136 valence electrons. The van der Waals surface area contributed by atoms with Gasteiger partial charge >= 0.3 is 0 Å². The zero-order chi connectivity index (χ0) is 17.4. The molecule has 3 heterocycles. The first-order valence-electron chi connectivity index (χ1n) is 8.91. The molecule has 1 aliphatic carbocycles. The number of rotatable bonds is 5. The Labute approximate surface area is 147 Å². The Morgan fingerprint density at radius 3 is 2.84 bits per heavy atom. The van der Waals surface area contributed by atoms with E-state index in [0.717, 1.165) is 45.0 Å². The number of aryl methyl sites for hydroxylation is 2. The maximum Gasteiger partial charge on any atom is 0.131 e. The number of hydrogen-bond donors (Lipinski definition) is 2. The number of aromatic nitrogens is 4. The van der Waals surface area contributed by atoms with Crippen LogP contribution in [0, 0.1) is 6.92 Å². The maximum absolute atomic E-state index is 10.1. The predicted octanol–water partition coefficient (Wildman–Crippen LogP) is 0.226. The number of aliphatic hydroxyl groups excluding tert-OH is 1. The largest absolute Gasteiger partial charge is 0.391 e. The Kier molecular flexibility index (Phi) is 4.49. The second-order valence-corrected chi connectivity index (χ2v) is 6.88. The van der Waals surface area contributed by atoms with Crippen LogP contribution in [-0.4, -0.2) is 63.1 Å². The van der Waals surface area contributed by atoms with E-state index in [0.29, 0.717) is 0 Å². The van der Waals surface area contributed by atoms with Crippen molar-refractivity contribution in [2.75, 3.05) is 31.2 Å². The van der Waals surface area contributed by atoms with E-state index in [9.17, 15) is 5.11 Å². The second-order valence-electron chi connectivity index (χ2n) is 6.88. The molecule has 0 unspecified atom stereocenters. The van der Waals surface area contributed by atoms with Crippen LogP contribution >= 0.6 is 0 Å². The Morgan fingerprint density at radius 1 is 1.36 bits per heavy atom. The topological polar surface area (TPSA) is 80.4 Å². The number of nitrogens with zero attached hydrogens (tertiary/aromatic N) is 5. The molecule has 0 amide bonds. The van der Waals surface area contributed by atoms with E-state index in [1.807, 2.05) is 28.7 Å². The average molecular weight is 346 g/mol. The van der Waals surface area contributed by atoms with Crippen LogP contribution in [0.25, 0.3) is 0 Å². The van der Waals surface area contributed by atoms with E-state index in [1.54, 1.807) is 6.20 Å². The normalized spacial score (nSPS) is 26.7. The molecule has 25 heavy (non-hydrogen) atoms. The van der Waals surface area contributed by atoms with Gasteiger partial charge in [-0.2, -0.15) is 10.2 Å². The molecule has 4 rings (SSSR count). The Bertz CT molecular complexity index is 707. The SMILES string of the molecule is Cc1nn(C)c(N2CCOCC2)c1CN[C@H]1C[C@@H](O)[C@@H]1n1cccn1. The van der Waals surface area contributed by atoms with Gasteiger partial charge in [-0.05, 0) is 19.4 Å². The van der Waals surface area contributed by atoms with Crippen LogP contribution in [0.5, 0.6) is 0 Å². The van der Waals surface area contributed by atoms with Gasteiger partial charge in [0.25, 0.3) is 0 Å². The fourth-order valence-electron chi connectivity index (χ4n) is 3.93. The molecule has 2 fully saturated rings. The smallest absolute Gasteiger partial charge is 0.131 e. The molecule has 8 nitrogen and oxygen atoms in total. The summed E-state index contributed by atoms with van der Waals surface area (Å²) >= 11 is 0. The molecule has 2 aromatic heterocycles. The lowest BCUT2D eigenvalue weighted by atomic mass is 9.83. The third kappa shape index (κ3) is 3.05. The highest BCUT2D eigenvalue weighted by atomic mass is 16.5. The van der Waals surface area contributed by atoms with Crippen molar-refractivity contribution in [3.8, 4) is 0 Å². The summed E-state index contributed by atoms with van der Waals surface area (Å²) in [4.78, 5) is 2.35. The van der Waals surface area contributed by atoms with Crippen molar-refractivity contribution < 1.29 is 9.84 Å². The molecule has 2 aromatic rings. The summed E-state index contributed by atoms with van der Waals surface area (Å²) in [7, 11) is 2.00. The zero-order valence-corrected chi connectivity index (χ0v) is 14.8. The average Bonchev–Trinajstić information content (AvgIpc) is 3.20. The molecular weight excluding hydrogens is 320 g/mol. The molecule has 3 atom stereocenters. The monoisotopic (exact) mass is 346 g/mol. The van der Waals surface area contributed by atoms with Crippen LogP contribution in [0.15, 0.2) is 18.5 Å². The number of hydrogen-bond acceptors (Lipinski definition) is 6. The minimum atomic E-state index is -0.342. The van der Waals surface area contributed by atoms with Crippen molar-refractivity contribution >= 4 is 5.82 Å². The minimum Gasteiger partial charge on any atom is -0.391 e.